The van der Waals surface area contributed by atoms with Crippen LogP contribution in [0.3, 0.4) is 0 Å². The molecule has 0 amide bonds. The van der Waals surface area contributed by atoms with E-state index < -0.39 is 0 Å². The molecule has 0 aliphatic carbocycles. The van der Waals surface area contributed by atoms with Crippen molar-refractivity contribution in [3.05, 3.63) is 0 Å². The van der Waals surface area contributed by atoms with E-state index in [1.165, 1.54) is 0 Å². The largest absolute Gasteiger partial charge is 0.346 e. The van der Waals surface area contributed by atoms with E-state index in [2.05, 4.69) is 37.2 Å². The third kappa shape index (κ3) is 10.6. The average Bonchev–Trinajstić information content (AvgIpc) is 2.29. The Morgan fingerprint density at radius 1 is 0.250 bits per heavy atom. The lowest BCUT2D eigenvalue weighted by Gasteiger charge is -2.11. The second-order valence-corrected chi connectivity index (χ2v) is 22.2. The van der Waals surface area contributed by atoms with Crippen molar-refractivity contribution in [1.82, 2.24) is 37.2 Å². The fraction of sp³-hybridized carbons (Fsp3) is 0. The first kappa shape index (κ1) is 15.5. The van der Waals surface area contributed by atoms with E-state index >= 15 is 0 Å². The Bertz CT molecular complexity index is 80.0. The predicted octanol–water partition coefficient (Wildman–Crippen LogP) is -11.3. The Kier molecular flexibility index (Phi) is 12.4. The summed E-state index contributed by atoms with van der Waals surface area (Å²) in [6.07, 6.45) is 0. The second kappa shape index (κ2) is 12.9. The fourth-order valence-electron chi connectivity index (χ4n) is 1.21. The van der Waals surface area contributed by atoms with Crippen molar-refractivity contribution >= 4 is 78.7 Å². The van der Waals surface area contributed by atoms with E-state index in [0.717, 1.165) is 0 Å². The Morgan fingerprint density at radius 2 is 0.375 bits per heavy atom. The molecule has 16 heteroatoms. The highest BCUT2D eigenvalue weighted by Gasteiger charge is 1.93. The second-order valence-electron chi connectivity index (χ2n) is 3.41. The van der Waals surface area contributed by atoms with Crippen molar-refractivity contribution in [1.29, 1.82) is 0 Å². The third-order valence-corrected chi connectivity index (χ3v) is 18.0. The first-order valence-corrected chi connectivity index (χ1v) is 17.0. The van der Waals surface area contributed by atoms with Crippen molar-refractivity contribution in [3.63, 3.8) is 0 Å². The smallest absolute Gasteiger partial charge is 0.155 e. The molecule has 0 radical (unpaired) electrons. The predicted molar refractivity (Wildman–Crippen MR) is 93.4 cm³/mol. The molecule has 1 aliphatic rings. The van der Waals surface area contributed by atoms with Crippen LogP contribution in [0.15, 0.2) is 0 Å². The van der Waals surface area contributed by atoms with Gasteiger partial charge in [-0.1, -0.05) is 0 Å². The molecule has 1 rings (SSSR count). The fourth-order valence-corrected chi connectivity index (χ4v) is 23.6. The summed E-state index contributed by atoms with van der Waals surface area (Å²) in [4.78, 5) is 0. The summed E-state index contributed by atoms with van der Waals surface area (Å²) in [5.74, 6) is 0. The van der Waals surface area contributed by atoms with Crippen LogP contribution in [0.4, 0.5) is 0 Å². The number of rotatable bonds is 0. The molecule has 1 aliphatic heterocycles. The Morgan fingerprint density at radius 3 is 0.500 bits per heavy atom. The molecule has 1 fully saturated rings. The maximum atomic E-state index is 3.61. The molecule has 16 heavy (non-hydrogen) atoms. The van der Waals surface area contributed by atoms with Gasteiger partial charge in [0.1, 0.15) is 0 Å². The van der Waals surface area contributed by atoms with Crippen LogP contribution in [-0.2, 0) is 0 Å². The maximum Gasteiger partial charge on any atom is 0.155 e. The molecule has 0 saturated carbocycles. The first-order valence-electron chi connectivity index (χ1n) is 5.66. The lowest BCUT2D eigenvalue weighted by Crippen LogP contribution is -2.55. The molecule has 0 aromatic carbocycles. The lowest BCUT2D eigenvalue weighted by atomic mass is 13.7. The highest BCUT2D eigenvalue weighted by atomic mass is 28.4. The molecule has 0 aromatic rings. The monoisotopic (exact) mass is 360 g/mol. The molecule has 96 valence electrons. The topological polar surface area (TPSA) is 96.2 Å². The molecule has 0 atom stereocenters. The van der Waals surface area contributed by atoms with Crippen LogP contribution < -0.4 is 37.2 Å². The molecule has 0 spiro atoms. The van der Waals surface area contributed by atoms with Gasteiger partial charge in [-0.15, -0.1) is 0 Å². The minimum absolute atomic E-state index is 0.163. The zero-order valence-corrected chi connectivity index (χ0v) is 21.0. The van der Waals surface area contributed by atoms with Gasteiger partial charge in [0.05, 0.1) is 0 Å². The third-order valence-electron chi connectivity index (χ3n) is 2.00. The summed E-state index contributed by atoms with van der Waals surface area (Å²) in [7, 11) is -1.30. The van der Waals surface area contributed by atoms with Gasteiger partial charge < -0.3 is 37.2 Å². The zero-order valence-electron chi connectivity index (χ0n) is 9.66. The van der Waals surface area contributed by atoms with Crippen LogP contribution in [-0.4, -0.2) is 78.7 Å². The first-order chi connectivity index (χ1) is 8.00. The van der Waals surface area contributed by atoms with Crippen LogP contribution in [0.5, 0.6) is 0 Å². The molecule has 8 N–H and O–H groups in total. The van der Waals surface area contributed by atoms with Gasteiger partial charge in [-0.05, 0) is 0 Å². The minimum atomic E-state index is -0.163. The molecule has 1 saturated heterocycles. The molecule has 0 aromatic heterocycles. The molecular weight excluding hydrogens is 337 g/mol. The summed E-state index contributed by atoms with van der Waals surface area (Å²) >= 11 is 0. The molecule has 0 unspecified atom stereocenters. The van der Waals surface area contributed by atoms with Gasteiger partial charge >= 0.3 is 0 Å². The molecule has 0 bridgehead atoms. The highest BCUT2D eigenvalue weighted by molar-refractivity contribution is 6.66. The van der Waals surface area contributed by atoms with Gasteiger partial charge in [0.2, 0.25) is 0 Å². The minimum Gasteiger partial charge on any atom is -0.346 e. The number of hydrogen-bond acceptors (Lipinski definition) is 8. The maximum absolute atomic E-state index is 3.61. The van der Waals surface area contributed by atoms with Crippen molar-refractivity contribution in [3.8, 4) is 0 Å². The summed E-state index contributed by atoms with van der Waals surface area (Å²) in [5.41, 5.74) is 0. The summed E-state index contributed by atoms with van der Waals surface area (Å²) < 4.78 is 28.9. The van der Waals surface area contributed by atoms with Crippen LogP contribution >= 0.6 is 0 Å². The van der Waals surface area contributed by atoms with Crippen LogP contribution in [0, 0.1) is 0 Å². The van der Waals surface area contributed by atoms with Gasteiger partial charge in [0.15, 0.2) is 78.7 Å². The van der Waals surface area contributed by atoms with Crippen LogP contribution in [0.2, 0.25) is 0 Å². The van der Waals surface area contributed by atoms with Gasteiger partial charge in [0, 0.05) is 0 Å². The Balaban J connectivity index is 2.00. The van der Waals surface area contributed by atoms with E-state index in [9.17, 15) is 0 Å². The van der Waals surface area contributed by atoms with Gasteiger partial charge in [-0.25, -0.2) is 0 Å². The lowest BCUT2D eigenvalue weighted by molar-refractivity contribution is 1.28. The molecule has 1 heterocycles. The van der Waals surface area contributed by atoms with Crippen molar-refractivity contribution in [2.24, 2.45) is 0 Å². The quantitative estimate of drug-likeness (QED) is 0.202. The van der Waals surface area contributed by atoms with E-state index in [0.29, 0.717) is 0 Å². The van der Waals surface area contributed by atoms with E-state index in [1.807, 2.05) is 0 Å². The number of hydrogen-bond donors (Lipinski definition) is 8. The Labute approximate surface area is 116 Å². The number of nitrogens with one attached hydrogen (secondary N) is 8. The summed E-state index contributed by atoms with van der Waals surface area (Å²) in [6, 6.07) is 0. The van der Waals surface area contributed by atoms with E-state index in [1.54, 1.807) is 0 Å². The average molecular weight is 361 g/mol. The van der Waals surface area contributed by atoms with Crippen molar-refractivity contribution < 1.29 is 0 Å². The van der Waals surface area contributed by atoms with Crippen LogP contribution in [0.25, 0.3) is 0 Å². The van der Waals surface area contributed by atoms with Crippen LogP contribution in [0.1, 0.15) is 0 Å². The van der Waals surface area contributed by atoms with Crippen molar-refractivity contribution in [2.45, 2.75) is 0 Å². The van der Waals surface area contributed by atoms with Gasteiger partial charge in [-0.3, -0.25) is 0 Å². The molecule has 8 nitrogen and oxygen atoms in total. The van der Waals surface area contributed by atoms with E-state index in [4.69, 9.17) is 0 Å². The standard InChI is InChI=1S/H24N8Si8/c1-9-2-11-4-13-6-15-8-16-7-14-5-12-3-10-1/h1-8H,9-16H2. The molecular formula is H24N8Si8. The van der Waals surface area contributed by atoms with Crippen molar-refractivity contribution in [2.75, 3.05) is 0 Å². The summed E-state index contributed by atoms with van der Waals surface area (Å²) in [6.45, 7) is 0. The normalized spacial score (nSPS) is 36.0. The van der Waals surface area contributed by atoms with E-state index in [-0.39, 0.29) is 78.7 Å². The SMILES string of the molecule is N1[SiH2]N[SiH2]N[SiH2]N[SiH2]N[SiH2]N[SiH2]N[SiH2]N[SiH2]1. The zero-order chi connectivity index (χ0) is 11.3. The van der Waals surface area contributed by atoms with Gasteiger partial charge in [-0.2, -0.15) is 0 Å². The summed E-state index contributed by atoms with van der Waals surface area (Å²) in [5, 5.41) is 0. The van der Waals surface area contributed by atoms with Gasteiger partial charge in [0.25, 0.3) is 0 Å². The highest BCUT2D eigenvalue weighted by Crippen LogP contribution is 1.47. The Hall–Kier alpha value is 1.42.